The molecule has 2 rings (SSSR count). The molecular weight excluding hydrogens is 239 g/mol. The molecule has 0 aromatic heterocycles. The normalized spacial score (nSPS) is 20.4. The molecule has 1 saturated heterocycles. The van der Waals surface area contributed by atoms with Crippen LogP contribution in [0.1, 0.15) is 31.4 Å². The Labute approximate surface area is 116 Å². The molecule has 0 spiro atoms. The quantitative estimate of drug-likeness (QED) is 0.879. The highest BCUT2D eigenvalue weighted by atomic mass is 19.1. The fraction of sp³-hybridized carbons (Fsp3) is 0.625. The van der Waals surface area contributed by atoms with Gasteiger partial charge >= 0.3 is 0 Å². The Bertz CT molecular complexity index is 417. The van der Waals surface area contributed by atoms with Gasteiger partial charge in [-0.05, 0) is 49.6 Å². The third kappa shape index (κ3) is 4.29. The molecule has 1 fully saturated rings. The van der Waals surface area contributed by atoms with Crippen LogP contribution in [0.2, 0.25) is 0 Å². The molecule has 0 aliphatic carbocycles. The summed E-state index contributed by atoms with van der Waals surface area (Å²) in [6, 6.07) is 6.31. The van der Waals surface area contributed by atoms with E-state index in [2.05, 4.69) is 24.1 Å². The van der Waals surface area contributed by atoms with E-state index < -0.39 is 0 Å². The maximum Gasteiger partial charge on any atom is 0.123 e. The lowest BCUT2D eigenvalue weighted by atomic mass is 10.1. The summed E-state index contributed by atoms with van der Waals surface area (Å²) in [6.07, 6.45) is 2.25. The minimum absolute atomic E-state index is 0.136. The molecule has 19 heavy (non-hydrogen) atoms. The maximum atomic E-state index is 13.0. The molecule has 1 aliphatic rings. The van der Waals surface area contributed by atoms with Gasteiger partial charge in [-0.15, -0.1) is 0 Å². The van der Waals surface area contributed by atoms with Crippen molar-refractivity contribution in [2.45, 2.75) is 45.7 Å². The van der Waals surface area contributed by atoms with E-state index in [9.17, 15) is 4.39 Å². The number of nitrogens with one attached hydrogen (secondary N) is 1. The lowest BCUT2D eigenvalue weighted by molar-refractivity contribution is 0.328. The van der Waals surface area contributed by atoms with E-state index >= 15 is 0 Å². The SMILES string of the molecule is Cc1cc(F)ccc1CCN1CCC(NC(C)C)C1. The van der Waals surface area contributed by atoms with Crippen LogP contribution in [0.3, 0.4) is 0 Å². The van der Waals surface area contributed by atoms with Crippen molar-refractivity contribution in [3.05, 3.63) is 35.1 Å². The van der Waals surface area contributed by atoms with Crippen LogP contribution in [0.5, 0.6) is 0 Å². The van der Waals surface area contributed by atoms with E-state index in [4.69, 9.17) is 0 Å². The average molecular weight is 264 g/mol. The highest BCUT2D eigenvalue weighted by Gasteiger charge is 2.22. The molecule has 0 bridgehead atoms. The predicted molar refractivity (Wildman–Crippen MR) is 78.0 cm³/mol. The Kier molecular flexibility index (Phi) is 4.94. The van der Waals surface area contributed by atoms with Gasteiger partial charge in [-0.25, -0.2) is 4.39 Å². The molecular formula is C16H25FN2. The van der Waals surface area contributed by atoms with E-state index in [-0.39, 0.29) is 5.82 Å². The number of aryl methyl sites for hydroxylation is 1. The first-order chi connectivity index (χ1) is 9.04. The Balaban J connectivity index is 1.80. The van der Waals surface area contributed by atoms with Crippen LogP contribution in [0.15, 0.2) is 18.2 Å². The summed E-state index contributed by atoms with van der Waals surface area (Å²) < 4.78 is 13.0. The van der Waals surface area contributed by atoms with Gasteiger partial charge in [0.1, 0.15) is 5.82 Å². The van der Waals surface area contributed by atoms with Crippen molar-refractivity contribution in [3.63, 3.8) is 0 Å². The topological polar surface area (TPSA) is 15.3 Å². The molecule has 0 radical (unpaired) electrons. The summed E-state index contributed by atoms with van der Waals surface area (Å²) in [4.78, 5) is 2.50. The standard InChI is InChI=1S/C16H25FN2/c1-12(2)18-16-7-9-19(11-16)8-6-14-4-5-15(17)10-13(14)3/h4-5,10,12,16,18H,6-9,11H2,1-3H3. The molecule has 1 aromatic rings. The summed E-state index contributed by atoms with van der Waals surface area (Å²) in [6.45, 7) is 9.77. The van der Waals surface area contributed by atoms with Gasteiger partial charge in [-0.1, -0.05) is 19.9 Å². The van der Waals surface area contributed by atoms with Crippen LogP contribution in [0, 0.1) is 12.7 Å². The molecule has 0 amide bonds. The van der Waals surface area contributed by atoms with Crippen LogP contribution < -0.4 is 5.32 Å². The molecule has 1 aromatic carbocycles. The molecule has 1 N–H and O–H groups in total. The van der Waals surface area contributed by atoms with Crippen LogP contribution >= 0.6 is 0 Å². The van der Waals surface area contributed by atoms with Crippen molar-refractivity contribution in [2.24, 2.45) is 0 Å². The van der Waals surface area contributed by atoms with E-state index in [0.29, 0.717) is 12.1 Å². The van der Waals surface area contributed by atoms with Gasteiger partial charge in [0, 0.05) is 25.2 Å². The van der Waals surface area contributed by atoms with Crippen molar-refractivity contribution >= 4 is 0 Å². The fourth-order valence-corrected chi connectivity index (χ4v) is 2.86. The van der Waals surface area contributed by atoms with E-state index in [1.54, 1.807) is 12.1 Å². The first kappa shape index (κ1) is 14.5. The third-order valence-electron chi connectivity index (χ3n) is 3.84. The first-order valence-electron chi connectivity index (χ1n) is 7.28. The number of rotatable bonds is 5. The Morgan fingerprint density at radius 3 is 2.89 bits per heavy atom. The van der Waals surface area contributed by atoms with Gasteiger partial charge in [0.25, 0.3) is 0 Å². The van der Waals surface area contributed by atoms with Gasteiger partial charge in [0.05, 0.1) is 0 Å². The zero-order valence-corrected chi connectivity index (χ0v) is 12.2. The minimum Gasteiger partial charge on any atom is -0.310 e. The van der Waals surface area contributed by atoms with Crippen molar-refractivity contribution in [2.75, 3.05) is 19.6 Å². The van der Waals surface area contributed by atoms with Crippen LogP contribution in [-0.2, 0) is 6.42 Å². The van der Waals surface area contributed by atoms with Crippen LogP contribution in [0.4, 0.5) is 4.39 Å². The first-order valence-corrected chi connectivity index (χ1v) is 7.28. The molecule has 3 heteroatoms. The zero-order valence-electron chi connectivity index (χ0n) is 12.2. The largest absolute Gasteiger partial charge is 0.310 e. The van der Waals surface area contributed by atoms with Gasteiger partial charge in [0.2, 0.25) is 0 Å². The van der Waals surface area contributed by atoms with Gasteiger partial charge in [-0.2, -0.15) is 0 Å². The van der Waals surface area contributed by atoms with E-state index in [0.717, 1.165) is 25.1 Å². The Morgan fingerprint density at radius 2 is 2.21 bits per heavy atom. The average Bonchev–Trinajstić information content (AvgIpc) is 2.74. The molecule has 1 aliphatic heterocycles. The summed E-state index contributed by atoms with van der Waals surface area (Å²) >= 11 is 0. The Morgan fingerprint density at radius 1 is 1.42 bits per heavy atom. The number of nitrogens with zero attached hydrogens (tertiary/aromatic N) is 1. The lowest BCUT2D eigenvalue weighted by Crippen LogP contribution is -2.37. The summed E-state index contributed by atoms with van der Waals surface area (Å²) in [5.74, 6) is -0.136. The summed E-state index contributed by atoms with van der Waals surface area (Å²) in [5.41, 5.74) is 2.33. The predicted octanol–water partition coefficient (Wildman–Crippen LogP) is 2.75. The van der Waals surface area contributed by atoms with Crippen molar-refractivity contribution in [3.8, 4) is 0 Å². The van der Waals surface area contributed by atoms with Crippen molar-refractivity contribution in [1.82, 2.24) is 10.2 Å². The summed E-state index contributed by atoms with van der Waals surface area (Å²) in [5, 5.41) is 3.60. The third-order valence-corrected chi connectivity index (χ3v) is 3.84. The van der Waals surface area contributed by atoms with Crippen LogP contribution in [0.25, 0.3) is 0 Å². The summed E-state index contributed by atoms with van der Waals surface area (Å²) in [7, 11) is 0. The van der Waals surface area contributed by atoms with Gasteiger partial charge in [0.15, 0.2) is 0 Å². The molecule has 1 unspecified atom stereocenters. The number of benzene rings is 1. The van der Waals surface area contributed by atoms with Crippen molar-refractivity contribution < 1.29 is 4.39 Å². The molecule has 106 valence electrons. The monoisotopic (exact) mass is 264 g/mol. The van der Waals surface area contributed by atoms with Gasteiger partial charge in [-0.3, -0.25) is 0 Å². The fourth-order valence-electron chi connectivity index (χ4n) is 2.86. The Hall–Kier alpha value is -0.930. The number of hydrogen-bond donors (Lipinski definition) is 1. The second-order valence-corrected chi connectivity index (χ2v) is 5.93. The molecule has 1 atom stereocenters. The lowest BCUT2D eigenvalue weighted by Gasteiger charge is -2.18. The van der Waals surface area contributed by atoms with Crippen LogP contribution in [-0.4, -0.2) is 36.6 Å². The number of halogens is 1. The number of likely N-dealkylation sites (tertiary alicyclic amines) is 1. The van der Waals surface area contributed by atoms with E-state index in [1.165, 1.54) is 18.5 Å². The number of hydrogen-bond acceptors (Lipinski definition) is 2. The van der Waals surface area contributed by atoms with Crippen molar-refractivity contribution in [1.29, 1.82) is 0 Å². The molecule has 2 nitrogen and oxygen atoms in total. The second-order valence-electron chi connectivity index (χ2n) is 5.93. The highest BCUT2D eigenvalue weighted by Crippen LogP contribution is 2.14. The van der Waals surface area contributed by atoms with E-state index in [1.807, 2.05) is 13.0 Å². The molecule has 0 saturated carbocycles. The highest BCUT2D eigenvalue weighted by molar-refractivity contribution is 5.26. The smallest absolute Gasteiger partial charge is 0.123 e. The second kappa shape index (κ2) is 6.49. The minimum atomic E-state index is -0.136. The molecule has 1 heterocycles. The maximum absolute atomic E-state index is 13.0. The zero-order chi connectivity index (χ0) is 13.8. The van der Waals surface area contributed by atoms with Gasteiger partial charge < -0.3 is 10.2 Å².